The molecule has 0 bridgehead atoms. The van der Waals surface area contributed by atoms with Gasteiger partial charge in [0.15, 0.2) is 17.5 Å². The van der Waals surface area contributed by atoms with E-state index in [0.717, 1.165) is 6.07 Å². The normalized spacial score (nSPS) is 10.2. The number of amides is 1. The van der Waals surface area contributed by atoms with Gasteiger partial charge in [0.05, 0.1) is 16.3 Å². The third kappa shape index (κ3) is 2.68. The van der Waals surface area contributed by atoms with Gasteiger partial charge in [0.2, 0.25) is 0 Å². The van der Waals surface area contributed by atoms with Crippen LogP contribution in [-0.2, 0) is 0 Å². The van der Waals surface area contributed by atoms with E-state index in [-0.39, 0.29) is 22.1 Å². The molecule has 1 aromatic carbocycles. The monoisotopic (exact) mass is 298 g/mol. The Balaban J connectivity index is 2.31. The van der Waals surface area contributed by atoms with E-state index in [1.807, 2.05) is 5.43 Å². The van der Waals surface area contributed by atoms with E-state index in [1.165, 1.54) is 24.4 Å². The number of nitrogen functional groups attached to an aromatic ring is 1. The molecule has 104 valence electrons. The van der Waals surface area contributed by atoms with Gasteiger partial charge in [-0.25, -0.2) is 19.6 Å². The first kappa shape index (κ1) is 14.2. The second-order valence-corrected chi connectivity index (χ2v) is 4.13. The van der Waals surface area contributed by atoms with E-state index in [2.05, 4.69) is 10.3 Å². The number of hydrogen-bond acceptors (Lipinski definition) is 4. The van der Waals surface area contributed by atoms with Gasteiger partial charge in [-0.1, -0.05) is 17.7 Å². The molecule has 0 radical (unpaired) electrons. The summed E-state index contributed by atoms with van der Waals surface area (Å²) in [6, 6.07) is 5.24. The smallest absolute Gasteiger partial charge is 0.258 e. The number of hydrazine groups is 1. The van der Waals surface area contributed by atoms with Crippen LogP contribution in [0.15, 0.2) is 30.5 Å². The Labute approximate surface area is 117 Å². The van der Waals surface area contributed by atoms with Crippen LogP contribution in [0.4, 0.5) is 20.3 Å². The summed E-state index contributed by atoms with van der Waals surface area (Å²) in [5.41, 5.74) is 1.54. The maximum Gasteiger partial charge on any atom is 0.258 e. The minimum absolute atomic E-state index is 0.151. The van der Waals surface area contributed by atoms with Crippen molar-refractivity contribution < 1.29 is 13.6 Å². The minimum Gasteiger partial charge on any atom is -0.319 e. The molecule has 1 aromatic heterocycles. The molecule has 2 aromatic rings. The molecule has 0 aliphatic rings. The quantitative estimate of drug-likeness (QED) is 0.601. The largest absolute Gasteiger partial charge is 0.319 e. The Kier molecular flexibility index (Phi) is 4.11. The van der Waals surface area contributed by atoms with Gasteiger partial charge in [0.1, 0.15) is 0 Å². The van der Waals surface area contributed by atoms with Crippen LogP contribution in [0.25, 0.3) is 0 Å². The Morgan fingerprint density at radius 3 is 2.70 bits per heavy atom. The summed E-state index contributed by atoms with van der Waals surface area (Å²) in [6.07, 6.45) is 1.20. The number of nitrogens with two attached hydrogens (primary N) is 1. The summed E-state index contributed by atoms with van der Waals surface area (Å²) in [5.74, 6) is 2.19. The molecule has 0 atom stereocenters. The number of carbonyl (C=O) groups excluding carboxylic acids is 1. The van der Waals surface area contributed by atoms with Crippen LogP contribution in [0, 0.1) is 11.6 Å². The first-order chi connectivity index (χ1) is 9.54. The lowest BCUT2D eigenvalue weighted by Gasteiger charge is -2.09. The average molecular weight is 299 g/mol. The van der Waals surface area contributed by atoms with Crippen molar-refractivity contribution in [3.05, 3.63) is 52.7 Å². The third-order valence-corrected chi connectivity index (χ3v) is 2.76. The van der Waals surface area contributed by atoms with Crippen molar-refractivity contribution in [2.24, 2.45) is 5.84 Å². The third-order valence-electron chi connectivity index (χ3n) is 2.47. The molecule has 1 heterocycles. The lowest BCUT2D eigenvalue weighted by Crippen LogP contribution is -2.18. The fourth-order valence-electron chi connectivity index (χ4n) is 1.51. The lowest BCUT2D eigenvalue weighted by molar-refractivity contribution is 0.102. The zero-order chi connectivity index (χ0) is 14.7. The van der Waals surface area contributed by atoms with E-state index in [0.29, 0.717) is 0 Å². The molecule has 0 saturated carbocycles. The van der Waals surface area contributed by atoms with E-state index >= 15 is 0 Å². The van der Waals surface area contributed by atoms with Crippen LogP contribution >= 0.6 is 11.6 Å². The Morgan fingerprint density at radius 1 is 1.25 bits per heavy atom. The Morgan fingerprint density at radius 2 is 2.00 bits per heavy atom. The predicted octanol–water partition coefficient (Wildman–Crippen LogP) is 2.55. The summed E-state index contributed by atoms with van der Waals surface area (Å²) >= 11 is 5.59. The molecular formula is C12H9ClF2N4O. The van der Waals surface area contributed by atoms with Gasteiger partial charge in [0.25, 0.3) is 5.91 Å². The highest BCUT2D eigenvalue weighted by Gasteiger charge is 2.17. The number of pyridine rings is 1. The fraction of sp³-hybridized carbons (Fsp3) is 0. The van der Waals surface area contributed by atoms with Gasteiger partial charge in [-0.2, -0.15) is 0 Å². The Bertz CT molecular complexity index is 666. The number of rotatable bonds is 3. The van der Waals surface area contributed by atoms with Gasteiger partial charge in [0, 0.05) is 6.20 Å². The zero-order valence-corrected chi connectivity index (χ0v) is 10.7. The standard InChI is InChI=1S/C12H9ClF2N4O/c13-7-2-1-3-8(10(7)15)18-12(20)6-4-5-17-11(19-16)9(6)14/h1-5H,16H2,(H,17,19)(H,18,20). The van der Waals surface area contributed by atoms with Crippen LogP contribution in [0.2, 0.25) is 5.02 Å². The number of halogens is 3. The number of anilines is 2. The number of carbonyl (C=O) groups is 1. The molecular weight excluding hydrogens is 290 g/mol. The number of nitrogens with zero attached hydrogens (tertiary/aromatic N) is 1. The number of aromatic nitrogens is 1. The van der Waals surface area contributed by atoms with Gasteiger partial charge in [-0.05, 0) is 18.2 Å². The molecule has 2 rings (SSSR count). The molecule has 0 aliphatic heterocycles. The maximum absolute atomic E-state index is 13.8. The van der Waals surface area contributed by atoms with Crippen molar-refractivity contribution in [1.29, 1.82) is 0 Å². The first-order valence-electron chi connectivity index (χ1n) is 5.41. The second kappa shape index (κ2) is 5.81. The van der Waals surface area contributed by atoms with Crippen molar-refractivity contribution in [2.75, 3.05) is 10.7 Å². The average Bonchev–Trinajstić information content (AvgIpc) is 2.44. The predicted molar refractivity (Wildman–Crippen MR) is 71.4 cm³/mol. The molecule has 4 N–H and O–H groups in total. The van der Waals surface area contributed by atoms with E-state index in [9.17, 15) is 13.6 Å². The topological polar surface area (TPSA) is 80.0 Å². The zero-order valence-electron chi connectivity index (χ0n) is 9.95. The lowest BCUT2D eigenvalue weighted by atomic mass is 10.2. The number of benzene rings is 1. The molecule has 5 nitrogen and oxygen atoms in total. The first-order valence-corrected chi connectivity index (χ1v) is 5.79. The van der Waals surface area contributed by atoms with Crippen LogP contribution < -0.4 is 16.6 Å². The summed E-state index contributed by atoms with van der Waals surface area (Å²) in [6.45, 7) is 0. The SMILES string of the molecule is NNc1nccc(C(=O)Nc2cccc(Cl)c2F)c1F. The van der Waals surface area contributed by atoms with Crippen LogP contribution in [0.5, 0.6) is 0 Å². The van der Waals surface area contributed by atoms with E-state index in [1.54, 1.807) is 0 Å². The Hall–Kier alpha value is -2.25. The van der Waals surface area contributed by atoms with E-state index in [4.69, 9.17) is 17.4 Å². The molecule has 20 heavy (non-hydrogen) atoms. The second-order valence-electron chi connectivity index (χ2n) is 3.72. The fourth-order valence-corrected chi connectivity index (χ4v) is 1.68. The minimum atomic E-state index is -0.935. The molecule has 0 unspecified atom stereocenters. The molecule has 0 fully saturated rings. The molecule has 0 saturated heterocycles. The molecule has 0 spiro atoms. The van der Waals surface area contributed by atoms with Gasteiger partial charge in [-0.15, -0.1) is 0 Å². The molecule has 8 heteroatoms. The van der Waals surface area contributed by atoms with Gasteiger partial charge in [-0.3, -0.25) is 4.79 Å². The molecule has 0 aliphatic carbocycles. The highest BCUT2D eigenvalue weighted by molar-refractivity contribution is 6.31. The van der Waals surface area contributed by atoms with Gasteiger partial charge < -0.3 is 10.7 Å². The van der Waals surface area contributed by atoms with Crippen molar-refractivity contribution >= 4 is 29.0 Å². The summed E-state index contributed by atoms with van der Waals surface area (Å²) in [5, 5.41) is 2.07. The highest BCUT2D eigenvalue weighted by atomic mass is 35.5. The highest BCUT2D eigenvalue weighted by Crippen LogP contribution is 2.23. The summed E-state index contributed by atoms with van der Waals surface area (Å²) in [7, 11) is 0. The van der Waals surface area contributed by atoms with Crippen molar-refractivity contribution in [1.82, 2.24) is 4.98 Å². The van der Waals surface area contributed by atoms with Crippen LogP contribution in [-0.4, -0.2) is 10.9 Å². The van der Waals surface area contributed by atoms with Crippen molar-refractivity contribution in [3.8, 4) is 0 Å². The molecule has 1 amide bonds. The van der Waals surface area contributed by atoms with Gasteiger partial charge >= 0.3 is 0 Å². The van der Waals surface area contributed by atoms with Crippen LogP contribution in [0.1, 0.15) is 10.4 Å². The van der Waals surface area contributed by atoms with E-state index < -0.39 is 17.5 Å². The van der Waals surface area contributed by atoms with Crippen LogP contribution in [0.3, 0.4) is 0 Å². The number of nitrogens with one attached hydrogen (secondary N) is 2. The summed E-state index contributed by atoms with van der Waals surface area (Å²) in [4.78, 5) is 15.5. The van der Waals surface area contributed by atoms with Crippen molar-refractivity contribution in [3.63, 3.8) is 0 Å². The number of hydrogen-bond donors (Lipinski definition) is 3. The maximum atomic E-state index is 13.8. The summed E-state index contributed by atoms with van der Waals surface area (Å²) < 4.78 is 27.5. The van der Waals surface area contributed by atoms with Crippen molar-refractivity contribution in [2.45, 2.75) is 0 Å².